The average molecular weight is 295 g/mol. The van der Waals surface area contributed by atoms with Gasteiger partial charge in [0.1, 0.15) is 5.37 Å². The molecule has 2 aromatic rings. The molecule has 0 spiro atoms. The molecule has 0 N–H and O–H groups in total. The van der Waals surface area contributed by atoms with Crippen molar-refractivity contribution in [2.75, 3.05) is 12.3 Å². The molecule has 5 heteroatoms. The first-order chi connectivity index (χ1) is 8.75. The predicted molar refractivity (Wildman–Crippen MR) is 79.6 cm³/mol. The summed E-state index contributed by atoms with van der Waals surface area (Å²) >= 11 is 5.18. The lowest BCUT2D eigenvalue weighted by Gasteiger charge is -2.22. The number of amides is 1. The van der Waals surface area contributed by atoms with E-state index in [-0.39, 0.29) is 11.3 Å². The number of hydrogen-bond acceptors (Lipinski definition) is 4. The lowest BCUT2D eigenvalue weighted by Crippen LogP contribution is -2.29. The Bertz CT molecular complexity index is 546. The molecule has 0 aliphatic carbocycles. The molecule has 1 amide bonds. The van der Waals surface area contributed by atoms with Crippen LogP contribution >= 0.6 is 34.4 Å². The molecule has 1 unspecified atom stereocenters. The molecule has 1 aliphatic rings. The summed E-state index contributed by atoms with van der Waals surface area (Å²) in [5.74, 6) is 1.20. The van der Waals surface area contributed by atoms with Crippen LogP contribution in [0.5, 0.6) is 0 Å². The summed E-state index contributed by atoms with van der Waals surface area (Å²) in [5.41, 5.74) is 0. The van der Waals surface area contributed by atoms with E-state index >= 15 is 0 Å². The summed E-state index contributed by atoms with van der Waals surface area (Å²) in [4.78, 5) is 17.9. The van der Waals surface area contributed by atoms with Crippen molar-refractivity contribution in [1.82, 2.24) is 4.90 Å². The Labute approximate surface area is 119 Å². The molecule has 0 aromatic carbocycles. The normalized spacial score (nSPS) is 19.4. The van der Waals surface area contributed by atoms with E-state index in [0.29, 0.717) is 0 Å². The van der Waals surface area contributed by atoms with E-state index in [4.69, 9.17) is 0 Å². The van der Waals surface area contributed by atoms with Gasteiger partial charge in [-0.15, -0.1) is 34.4 Å². The second kappa shape index (κ2) is 5.07. The molecule has 18 heavy (non-hydrogen) atoms. The number of thiophene rings is 2. The summed E-state index contributed by atoms with van der Waals surface area (Å²) in [5, 5.41) is 2.17. The summed E-state index contributed by atoms with van der Waals surface area (Å²) in [6, 6.07) is 8.13. The van der Waals surface area contributed by atoms with Crippen molar-refractivity contribution >= 4 is 40.3 Å². The molecule has 0 saturated carbocycles. The quantitative estimate of drug-likeness (QED) is 0.834. The Balaban J connectivity index is 1.85. The summed E-state index contributed by atoms with van der Waals surface area (Å²) < 4.78 is 0. The molecule has 94 valence electrons. The minimum Gasteiger partial charge on any atom is -0.320 e. The van der Waals surface area contributed by atoms with Crippen LogP contribution in [-0.4, -0.2) is 23.1 Å². The molecule has 2 nitrogen and oxygen atoms in total. The Morgan fingerprint density at radius 2 is 2.28 bits per heavy atom. The van der Waals surface area contributed by atoms with E-state index in [2.05, 4.69) is 19.1 Å². The fourth-order valence-corrected chi connectivity index (χ4v) is 5.09. The third kappa shape index (κ3) is 2.22. The van der Waals surface area contributed by atoms with Gasteiger partial charge in [-0.1, -0.05) is 6.07 Å². The Morgan fingerprint density at radius 3 is 2.94 bits per heavy atom. The largest absolute Gasteiger partial charge is 0.320 e. The number of hydrogen-bond donors (Lipinski definition) is 0. The molecule has 1 atom stereocenters. The maximum atomic E-state index is 12.4. The molecule has 1 aliphatic heterocycles. The second-order valence-corrected chi connectivity index (χ2v) is 7.60. The topological polar surface area (TPSA) is 20.3 Å². The van der Waals surface area contributed by atoms with Gasteiger partial charge in [0, 0.05) is 22.1 Å². The first-order valence-electron chi connectivity index (χ1n) is 5.78. The molecule has 1 saturated heterocycles. The number of carbonyl (C=O) groups is 1. The van der Waals surface area contributed by atoms with Crippen molar-refractivity contribution in [1.29, 1.82) is 0 Å². The van der Waals surface area contributed by atoms with Crippen LogP contribution in [0.1, 0.15) is 24.8 Å². The van der Waals surface area contributed by atoms with E-state index in [1.807, 2.05) is 34.2 Å². The molecule has 1 fully saturated rings. The third-order valence-electron chi connectivity index (χ3n) is 2.89. The van der Waals surface area contributed by atoms with Gasteiger partial charge in [0.2, 0.25) is 0 Å². The van der Waals surface area contributed by atoms with Gasteiger partial charge >= 0.3 is 0 Å². The first-order valence-corrected chi connectivity index (χ1v) is 8.52. The molecule has 3 heterocycles. The zero-order valence-electron chi connectivity index (χ0n) is 9.96. The number of carbonyl (C=O) groups excluding carboxylic acids is 1. The second-order valence-electron chi connectivity index (χ2n) is 4.15. The molecule has 0 bridgehead atoms. The zero-order valence-corrected chi connectivity index (χ0v) is 12.4. The van der Waals surface area contributed by atoms with Crippen molar-refractivity contribution < 1.29 is 4.79 Å². The lowest BCUT2D eigenvalue weighted by atomic mass is 10.3. The molecular formula is C13H13NOS3. The van der Waals surface area contributed by atoms with E-state index in [1.54, 1.807) is 11.3 Å². The van der Waals surface area contributed by atoms with E-state index in [1.165, 1.54) is 21.1 Å². The van der Waals surface area contributed by atoms with Crippen LogP contribution in [0, 0.1) is 6.92 Å². The Hall–Kier alpha value is -0.780. The van der Waals surface area contributed by atoms with Crippen LogP contribution in [0.2, 0.25) is 0 Å². The molecule has 2 aromatic heterocycles. The number of thioether (sulfide) groups is 1. The zero-order chi connectivity index (χ0) is 12.5. The monoisotopic (exact) mass is 295 g/mol. The van der Waals surface area contributed by atoms with Gasteiger partial charge in [-0.05, 0) is 30.5 Å². The highest BCUT2D eigenvalue weighted by molar-refractivity contribution is 7.99. The van der Waals surface area contributed by atoms with Crippen molar-refractivity contribution in [3.8, 4) is 0 Å². The van der Waals surface area contributed by atoms with Gasteiger partial charge in [0.05, 0.1) is 4.88 Å². The van der Waals surface area contributed by atoms with Gasteiger partial charge < -0.3 is 4.90 Å². The SMILES string of the molecule is Cc1ccc(C2SCCN2C(=O)c2cccs2)s1. The van der Waals surface area contributed by atoms with Crippen LogP contribution in [0.25, 0.3) is 0 Å². The first kappa shape index (κ1) is 12.3. The van der Waals surface area contributed by atoms with Gasteiger partial charge in [-0.3, -0.25) is 4.79 Å². The van der Waals surface area contributed by atoms with Crippen molar-refractivity contribution in [3.05, 3.63) is 44.3 Å². The Morgan fingerprint density at radius 1 is 1.39 bits per heavy atom. The van der Waals surface area contributed by atoms with Gasteiger partial charge in [-0.2, -0.15) is 0 Å². The van der Waals surface area contributed by atoms with Crippen molar-refractivity contribution in [2.24, 2.45) is 0 Å². The highest BCUT2D eigenvalue weighted by atomic mass is 32.2. The average Bonchev–Trinajstić information content (AvgIpc) is 3.09. The third-order valence-corrected chi connectivity index (χ3v) is 6.19. The lowest BCUT2D eigenvalue weighted by molar-refractivity contribution is 0.0766. The van der Waals surface area contributed by atoms with Crippen LogP contribution in [0.15, 0.2) is 29.6 Å². The number of aryl methyl sites for hydroxylation is 1. The van der Waals surface area contributed by atoms with E-state index in [0.717, 1.165) is 17.2 Å². The smallest absolute Gasteiger partial charge is 0.265 e. The van der Waals surface area contributed by atoms with Crippen molar-refractivity contribution in [2.45, 2.75) is 12.3 Å². The minimum atomic E-state index is 0.172. The Kier molecular flexibility index (Phi) is 3.46. The highest BCUT2D eigenvalue weighted by Gasteiger charge is 2.32. The molecule has 3 rings (SSSR count). The van der Waals surface area contributed by atoms with Gasteiger partial charge in [0.15, 0.2) is 0 Å². The summed E-state index contributed by atoms with van der Waals surface area (Å²) in [6.45, 7) is 2.96. The van der Waals surface area contributed by atoms with Crippen LogP contribution in [0.4, 0.5) is 0 Å². The van der Waals surface area contributed by atoms with Crippen molar-refractivity contribution in [3.63, 3.8) is 0 Å². The summed E-state index contributed by atoms with van der Waals surface area (Å²) in [7, 11) is 0. The fraction of sp³-hybridized carbons (Fsp3) is 0.308. The highest BCUT2D eigenvalue weighted by Crippen LogP contribution is 2.41. The molecule has 0 radical (unpaired) electrons. The summed E-state index contributed by atoms with van der Waals surface area (Å²) in [6.07, 6.45) is 0. The van der Waals surface area contributed by atoms with E-state index < -0.39 is 0 Å². The van der Waals surface area contributed by atoms with Crippen LogP contribution in [-0.2, 0) is 0 Å². The van der Waals surface area contributed by atoms with Gasteiger partial charge in [-0.25, -0.2) is 0 Å². The maximum Gasteiger partial charge on any atom is 0.265 e. The van der Waals surface area contributed by atoms with Crippen LogP contribution in [0.3, 0.4) is 0 Å². The van der Waals surface area contributed by atoms with E-state index in [9.17, 15) is 4.79 Å². The van der Waals surface area contributed by atoms with Crippen LogP contribution < -0.4 is 0 Å². The standard InChI is InChI=1S/C13H13NOS3/c1-9-4-5-11(18-9)13-14(6-8-17-13)12(15)10-3-2-7-16-10/h2-5,7,13H,6,8H2,1H3. The fourth-order valence-electron chi connectivity index (χ4n) is 2.04. The minimum absolute atomic E-state index is 0.172. The van der Waals surface area contributed by atoms with Gasteiger partial charge in [0.25, 0.3) is 5.91 Å². The molecular weight excluding hydrogens is 282 g/mol. The maximum absolute atomic E-state index is 12.4. The number of nitrogens with zero attached hydrogens (tertiary/aromatic N) is 1. The number of rotatable bonds is 2. The predicted octanol–water partition coefficient (Wildman–Crippen LogP) is 4.01.